The van der Waals surface area contributed by atoms with E-state index in [0.717, 1.165) is 25.2 Å². The van der Waals surface area contributed by atoms with Crippen LogP contribution in [0.25, 0.3) is 0 Å². The molecule has 1 aromatic carbocycles. The number of Topliss-reactive ketones (excluding diaryl/α,β-unsaturated/α-hetero) is 1. The number of hydrogen-bond acceptors (Lipinski definition) is 2. The molecule has 0 amide bonds. The van der Waals surface area contributed by atoms with Crippen LogP contribution in [0.2, 0.25) is 10.0 Å². The molecule has 2 nitrogen and oxygen atoms in total. The fourth-order valence-corrected chi connectivity index (χ4v) is 2.87. The van der Waals surface area contributed by atoms with E-state index >= 15 is 0 Å². The van der Waals surface area contributed by atoms with E-state index in [4.69, 9.17) is 23.2 Å². The van der Waals surface area contributed by atoms with E-state index in [0.29, 0.717) is 15.6 Å². The topological polar surface area (TPSA) is 20.3 Å². The fraction of sp³-hybridized carbons (Fsp3) is 0.417. The molecule has 92 valence electrons. The number of carbonyl (C=O) groups is 1. The maximum Gasteiger partial charge on any atom is 0.176 e. The molecule has 0 aliphatic carbocycles. The SMILES string of the molecule is O=C(CBr)c1c(Cl)cc(CN2CCC2)cc1Cl. The Morgan fingerprint density at radius 3 is 2.29 bits per heavy atom. The van der Waals surface area contributed by atoms with Crippen LogP contribution in [-0.4, -0.2) is 29.1 Å². The minimum atomic E-state index is -0.0875. The number of alkyl halides is 1. The molecule has 1 heterocycles. The lowest BCUT2D eigenvalue weighted by Crippen LogP contribution is -2.36. The molecule has 0 aromatic heterocycles. The van der Waals surface area contributed by atoms with Crippen LogP contribution < -0.4 is 0 Å². The first kappa shape index (κ1) is 13.3. The second-order valence-corrected chi connectivity index (χ2v) is 5.50. The highest BCUT2D eigenvalue weighted by molar-refractivity contribution is 9.09. The maximum atomic E-state index is 11.6. The van der Waals surface area contributed by atoms with Gasteiger partial charge in [-0.3, -0.25) is 9.69 Å². The molecule has 0 spiro atoms. The summed E-state index contributed by atoms with van der Waals surface area (Å²) < 4.78 is 0. The second-order valence-electron chi connectivity index (χ2n) is 4.12. The Balaban J connectivity index is 2.24. The number of ketones is 1. The average Bonchev–Trinajstić information content (AvgIpc) is 2.22. The highest BCUT2D eigenvalue weighted by Gasteiger charge is 2.18. The van der Waals surface area contributed by atoms with Crippen molar-refractivity contribution in [1.82, 2.24) is 4.90 Å². The molecule has 1 aliphatic heterocycles. The molecule has 5 heteroatoms. The van der Waals surface area contributed by atoms with Gasteiger partial charge in [0.2, 0.25) is 0 Å². The summed E-state index contributed by atoms with van der Waals surface area (Å²) in [7, 11) is 0. The van der Waals surface area contributed by atoms with Crippen LogP contribution in [0.5, 0.6) is 0 Å². The largest absolute Gasteiger partial charge is 0.299 e. The summed E-state index contributed by atoms with van der Waals surface area (Å²) in [4.78, 5) is 13.9. The predicted molar refractivity (Wildman–Crippen MR) is 74.5 cm³/mol. The van der Waals surface area contributed by atoms with E-state index in [-0.39, 0.29) is 11.1 Å². The normalized spacial score (nSPS) is 15.7. The molecule has 17 heavy (non-hydrogen) atoms. The zero-order valence-electron chi connectivity index (χ0n) is 9.18. The minimum absolute atomic E-state index is 0.0875. The van der Waals surface area contributed by atoms with Gasteiger partial charge in [0.25, 0.3) is 0 Å². The lowest BCUT2D eigenvalue weighted by molar-refractivity contribution is 0.102. The summed E-state index contributed by atoms with van der Waals surface area (Å²) >= 11 is 15.3. The zero-order chi connectivity index (χ0) is 12.4. The van der Waals surface area contributed by atoms with Gasteiger partial charge >= 0.3 is 0 Å². The van der Waals surface area contributed by atoms with Crippen molar-refractivity contribution in [2.45, 2.75) is 13.0 Å². The Bertz CT molecular complexity index is 423. The van der Waals surface area contributed by atoms with Gasteiger partial charge in [-0.05, 0) is 37.2 Å². The first-order chi connectivity index (χ1) is 8.11. The first-order valence-electron chi connectivity index (χ1n) is 5.41. The van der Waals surface area contributed by atoms with Crippen LogP contribution in [-0.2, 0) is 6.54 Å². The minimum Gasteiger partial charge on any atom is -0.299 e. The molecule has 0 saturated carbocycles. The maximum absolute atomic E-state index is 11.6. The molecule has 0 N–H and O–H groups in total. The van der Waals surface area contributed by atoms with Gasteiger partial charge in [0.15, 0.2) is 5.78 Å². The van der Waals surface area contributed by atoms with Crippen LogP contribution in [0.3, 0.4) is 0 Å². The molecule has 1 fully saturated rings. The third kappa shape index (κ3) is 3.02. The van der Waals surface area contributed by atoms with E-state index < -0.39 is 0 Å². The summed E-state index contributed by atoms with van der Waals surface area (Å²) in [5.41, 5.74) is 1.48. The quantitative estimate of drug-likeness (QED) is 0.616. The van der Waals surface area contributed by atoms with Gasteiger partial charge in [0.1, 0.15) is 0 Å². The molecule has 0 atom stereocenters. The second kappa shape index (κ2) is 5.70. The zero-order valence-corrected chi connectivity index (χ0v) is 12.3. The van der Waals surface area contributed by atoms with Crippen molar-refractivity contribution in [3.05, 3.63) is 33.3 Å². The Morgan fingerprint density at radius 1 is 1.29 bits per heavy atom. The lowest BCUT2D eigenvalue weighted by atomic mass is 10.1. The van der Waals surface area contributed by atoms with Gasteiger partial charge < -0.3 is 0 Å². The lowest BCUT2D eigenvalue weighted by Gasteiger charge is -2.30. The van der Waals surface area contributed by atoms with Gasteiger partial charge in [0, 0.05) is 6.54 Å². The number of likely N-dealkylation sites (tertiary alicyclic amines) is 1. The highest BCUT2D eigenvalue weighted by Crippen LogP contribution is 2.28. The monoisotopic (exact) mass is 335 g/mol. The predicted octanol–water partition coefficient (Wildman–Crippen LogP) is 3.78. The summed E-state index contributed by atoms with van der Waals surface area (Å²) in [6.07, 6.45) is 1.25. The molecule has 0 unspecified atom stereocenters. The number of benzene rings is 1. The first-order valence-corrected chi connectivity index (χ1v) is 7.29. The third-order valence-corrected chi connectivity index (χ3v) is 3.96. The van der Waals surface area contributed by atoms with Gasteiger partial charge in [-0.1, -0.05) is 39.1 Å². The summed E-state index contributed by atoms with van der Waals surface area (Å²) in [6, 6.07) is 3.67. The summed E-state index contributed by atoms with van der Waals surface area (Å²) in [5, 5.41) is 1.12. The van der Waals surface area contributed by atoms with E-state index in [1.54, 1.807) is 0 Å². The molecular weight excluding hydrogens is 325 g/mol. The summed E-state index contributed by atoms with van der Waals surface area (Å²) in [5.74, 6) is -0.0875. The Morgan fingerprint density at radius 2 is 1.88 bits per heavy atom. The van der Waals surface area contributed by atoms with Crippen molar-refractivity contribution in [2.75, 3.05) is 18.4 Å². The average molecular weight is 337 g/mol. The Labute approximate surface area is 119 Å². The van der Waals surface area contributed by atoms with Gasteiger partial charge in [-0.15, -0.1) is 0 Å². The van der Waals surface area contributed by atoms with Crippen molar-refractivity contribution < 1.29 is 4.79 Å². The van der Waals surface area contributed by atoms with Gasteiger partial charge in [0.05, 0.1) is 20.9 Å². The van der Waals surface area contributed by atoms with Crippen molar-refractivity contribution in [3.8, 4) is 0 Å². The van der Waals surface area contributed by atoms with Crippen molar-refractivity contribution >= 4 is 44.9 Å². The summed E-state index contributed by atoms with van der Waals surface area (Å²) in [6.45, 7) is 3.09. The fourth-order valence-electron chi connectivity index (χ4n) is 1.85. The number of hydrogen-bond donors (Lipinski definition) is 0. The van der Waals surface area contributed by atoms with Crippen LogP contribution in [0.1, 0.15) is 22.3 Å². The molecule has 0 bridgehead atoms. The van der Waals surface area contributed by atoms with Gasteiger partial charge in [-0.25, -0.2) is 0 Å². The van der Waals surface area contributed by atoms with E-state index in [2.05, 4.69) is 20.8 Å². The Hall–Kier alpha value is -0.0900. The molecule has 1 aromatic rings. The number of halogens is 3. The standard InChI is InChI=1S/C12H12BrCl2NO/c13-6-11(17)12-9(14)4-8(5-10(12)15)7-16-2-1-3-16/h4-5H,1-3,6-7H2. The third-order valence-electron chi connectivity index (χ3n) is 2.86. The molecule has 1 saturated heterocycles. The smallest absolute Gasteiger partial charge is 0.176 e. The van der Waals surface area contributed by atoms with E-state index in [1.165, 1.54) is 6.42 Å². The van der Waals surface area contributed by atoms with Crippen molar-refractivity contribution in [1.29, 1.82) is 0 Å². The molecule has 2 rings (SSSR count). The van der Waals surface area contributed by atoms with Gasteiger partial charge in [-0.2, -0.15) is 0 Å². The van der Waals surface area contributed by atoms with Crippen molar-refractivity contribution in [2.24, 2.45) is 0 Å². The van der Waals surface area contributed by atoms with E-state index in [9.17, 15) is 4.79 Å². The Kier molecular flexibility index (Phi) is 4.47. The number of rotatable bonds is 4. The van der Waals surface area contributed by atoms with Crippen molar-refractivity contribution in [3.63, 3.8) is 0 Å². The van der Waals surface area contributed by atoms with Crippen LogP contribution in [0, 0.1) is 0 Å². The van der Waals surface area contributed by atoms with Crippen LogP contribution in [0.15, 0.2) is 12.1 Å². The van der Waals surface area contributed by atoms with E-state index in [1.807, 2.05) is 12.1 Å². The molecule has 1 aliphatic rings. The molecular formula is C12H12BrCl2NO. The van der Waals surface area contributed by atoms with Crippen LogP contribution >= 0.6 is 39.1 Å². The number of carbonyl (C=O) groups excluding carboxylic acids is 1. The molecule has 0 radical (unpaired) electrons. The number of nitrogens with zero attached hydrogens (tertiary/aromatic N) is 1. The van der Waals surface area contributed by atoms with Crippen LogP contribution in [0.4, 0.5) is 0 Å². The highest BCUT2D eigenvalue weighted by atomic mass is 79.9.